The SMILES string of the molecule is O=C(Nc1ccccc1-n1cc(Br)cn1)c1ccc(S(=O)(=O)C(F)F)cc1. The number of carbonyl (C=O) groups is 1. The van der Waals surface area contributed by atoms with Gasteiger partial charge < -0.3 is 5.32 Å². The van der Waals surface area contributed by atoms with Crippen molar-refractivity contribution in [3.63, 3.8) is 0 Å². The molecule has 0 atom stereocenters. The number of nitrogens with one attached hydrogen (secondary N) is 1. The van der Waals surface area contributed by atoms with E-state index >= 15 is 0 Å². The lowest BCUT2D eigenvalue weighted by Gasteiger charge is -2.11. The van der Waals surface area contributed by atoms with E-state index in [2.05, 4.69) is 26.3 Å². The second-order valence-corrected chi connectivity index (χ2v) is 8.24. The molecule has 0 aliphatic heterocycles. The summed E-state index contributed by atoms with van der Waals surface area (Å²) in [6.07, 6.45) is 3.32. The zero-order valence-corrected chi connectivity index (χ0v) is 15.9. The van der Waals surface area contributed by atoms with E-state index in [4.69, 9.17) is 0 Å². The van der Waals surface area contributed by atoms with Gasteiger partial charge in [-0.3, -0.25) is 4.79 Å². The van der Waals surface area contributed by atoms with Gasteiger partial charge in [-0.15, -0.1) is 0 Å². The van der Waals surface area contributed by atoms with Crippen LogP contribution in [0.3, 0.4) is 0 Å². The highest BCUT2D eigenvalue weighted by atomic mass is 79.9. The van der Waals surface area contributed by atoms with E-state index in [1.165, 1.54) is 12.1 Å². The van der Waals surface area contributed by atoms with Crippen molar-refractivity contribution in [2.24, 2.45) is 0 Å². The first-order valence-corrected chi connectivity index (χ1v) is 9.86. The van der Waals surface area contributed by atoms with Crippen molar-refractivity contribution in [2.45, 2.75) is 10.7 Å². The van der Waals surface area contributed by atoms with Gasteiger partial charge in [-0.25, -0.2) is 13.1 Å². The molecule has 0 fully saturated rings. The quantitative estimate of drug-likeness (QED) is 0.632. The Labute approximate surface area is 161 Å². The smallest absolute Gasteiger partial charge is 0.320 e. The molecule has 1 N–H and O–H groups in total. The Balaban J connectivity index is 1.85. The molecule has 0 bridgehead atoms. The monoisotopic (exact) mass is 455 g/mol. The van der Waals surface area contributed by atoms with E-state index in [0.29, 0.717) is 11.4 Å². The number of aromatic nitrogens is 2. The normalized spacial score (nSPS) is 11.6. The molecule has 27 heavy (non-hydrogen) atoms. The average molecular weight is 456 g/mol. The predicted octanol–water partition coefficient (Wildman–Crippen LogP) is 3.88. The molecule has 0 radical (unpaired) electrons. The molecule has 3 aromatic rings. The molecule has 0 aliphatic rings. The zero-order valence-electron chi connectivity index (χ0n) is 13.5. The Kier molecular flexibility index (Phi) is 5.38. The maximum atomic E-state index is 12.6. The van der Waals surface area contributed by atoms with Crippen LogP contribution in [0.2, 0.25) is 0 Å². The molecule has 1 heterocycles. The number of anilines is 1. The number of alkyl halides is 2. The number of para-hydroxylation sites is 2. The molecule has 0 unspecified atom stereocenters. The van der Waals surface area contributed by atoms with E-state index < -0.39 is 26.4 Å². The largest absolute Gasteiger partial charge is 0.341 e. The summed E-state index contributed by atoms with van der Waals surface area (Å²) in [4.78, 5) is 11.9. The fourth-order valence-corrected chi connectivity index (χ4v) is 3.31. The topological polar surface area (TPSA) is 81.1 Å². The van der Waals surface area contributed by atoms with Crippen molar-refractivity contribution < 1.29 is 22.0 Å². The predicted molar refractivity (Wildman–Crippen MR) is 98.8 cm³/mol. The minimum Gasteiger partial charge on any atom is -0.320 e. The van der Waals surface area contributed by atoms with Crippen LogP contribution >= 0.6 is 15.9 Å². The van der Waals surface area contributed by atoms with Gasteiger partial charge in [0.1, 0.15) is 0 Å². The van der Waals surface area contributed by atoms with Gasteiger partial charge in [0, 0.05) is 11.8 Å². The molecule has 0 aliphatic carbocycles. The van der Waals surface area contributed by atoms with E-state index in [9.17, 15) is 22.0 Å². The summed E-state index contributed by atoms with van der Waals surface area (Å²) in [6.45, 7) is 0. The summed E-state index contributed by atoms with van der Waals surface area (Å²) >= 11 is 3.30. The van der Waals surface area contributed by atoms with Crippen molar-refractivity contribution in [1.82, 2.24) is 9.78 Å². The highest BCUT2D eigenvalue weighted by Crippen LogP contribution is 2.23. The van der Waals surface area contributed by atoms with Gasteiger partial charge in [-0.05, 0) is 52.3 Å². The lowest BCUT2D eigenvalue weighted by Crippen LogP contribution is -2.15. The maximum Gasteiger partial charge on any atom is 0.341 e. The molecular weight excluding hydrogens is 444 g/mol. The van der Waals surface area contributed by atoms with Gasteiger partial charge in [-0.1, -0.05) is 12.1 Å². The number of nitrogens with zero attached hydrogens (tertiary/aromatic N) is 2. The van der Waals surface area contributed by atoms with Crippen LogP contribution in [-0.4, -0.2) is 29.9 Å². The molecule has 3 rings (SSSR count). The van der Waals surface area contributed by atoms with Crippen molar-refractivity contribution >= 4 is 37.4 Å². The number of sulfone groups is 1. The highest BCUT2D eigenvalue weighted by Gasteiger charge is 2.26. The van der Waals surface area contributed by atoms with Gasteiger partial charge in [0.25, 0.3) is 5.91 Å². The zero-order chi connectivity index (χ0) is 19.6. The lowest BCUT2D eigenvalue weighted by molar-refractivity contribution is 0.102. The highest BCUT2D eigenvalue weighted by molar-refractivity contribution is 9.10. The number of rotatable bonds is 5. The summed E-state index contributed by atoms with van der Waals surface area (Å²) < 4.78 is 50.4. The summed E-state index contributed by atoms with van der Waals surface area (Å²) in [5.41, 5.74) is 1.22. The van der Waals surface area contributed by atoms with Crippen LogP contribution in [-0.2, 0) is 9.84 Å². The molecule has 10 heteroatoms. The second-order valence-electron chi connectivity index (χ2n) is 5.40. The Morgan fingerprint density at radius 2 is 1.78 bits per heavy atom. The van der Waals surface area contributed by atoms with Crippen molar-refractivity contribution in [2.75, 3.05) is 5.32 Å². The average Bonchev–Trinajstić information content (AvgIpc) is 3.08. The number of hydrogen-bond donors (Lipinski definition) is 1. The third-order valence-corrected chi connectivity index (χ3v) is 5.44. The Morgan fingerprint density at radius 3 is 2.37 bits per heavy atom. The lowest BCUT2D eigenvalue weighted by atomic mass is 10.2. The summed E-state index contributed by atoms with van der Waals surface area (Å²) in [7, 11) is -4.70. The van der Waals surface area contributed by atoms with Gasteiger partial charge >= 0.3 is 5.76 Å². The maximum absolute atomic E-state index is 12.6. The van der Waals surface area contributed by atoms with Gasteiger partial charge in [0.15, 0.2) is 0 Å². The van der Waals surface area contributed by atoms with E-state index in [1.807, 2.05) is 0 Å². The number of hydrogen-bond acceptors (Lipinski definition) is 4. The first kappa shape index (κ1) is 19.2. The van der Waals surface area contributed by atoms with Crippen molar-refractivity contribution in [3.8, 4) is 5.69 Å². The third-order valence-electron chi connectivity index (χ3n) is 3.63. The first-order valence-electron chi connectivity index (χ1n) is 7.52. The summed E-state index contributed by atoms with van der Waals surface area (Å²) in [5, 5.41) is 6.87. The summed E-state index contributed by atoms with van der Waals surface area (Å²) in [6, 6.07) is 11.3. The fraction of sp³-hybridized carbons (Fsp3) is 0.0588. The van der Waals surface area contributed by atoms with Crippen molar-refractivity contribution in [1.29, 1.82) is 0 Å². The van der Waals surface area contributed by atoms with Gasteiger partial charge in [0.05, 0.1) is 26.9 Å². The van der Waals surface area contributed by atoms with E-state index in [0.717, 1.165) is 16.6 Å². The standard InChI is InChI=1S/C17H12BrF2N3O3S/c18-12-9-21-23(10-12)15-4-2-1-3-14(15)22-16(24)11-5-7-13(8-6-11)27(25,26)17(19)20/h1-10,17H,(H,22,24). The van der Waals surface area contributed by atoms with E-state index in [1.54, 1.807) is 41.3 Å². The Morgan fingerprint density at radius 1 is 1.11 bits per heavy atom. The van der Waals surface area contributed by atoms with E-state index in [-0.39, 0.29) is 5.56 Å². The van der Waals surface area contributed by atoms with Crippen LogP contribution in [0.4, 0.5) is 14.5 Å². The van der Waals surface area contributed by atoms with Crippen LogP contribution < -0.4 is 5.32 Å². The van der Waals surface area contributed by atoms with Gasteiger partial charge in [-0.2, -0.15) is 13.9 Å². The molecule has 0 saturated carbocycles. The molecule has 2 aromatic carbocycles. The summed E-state index contributed by atoms with van der Waals surface area (Å²) in [5.74, 6) is -4.04. The van der Waals surface area contributed by atoms with Crippen LogP contribution in [0.5, 0.6) is 0 Å². The minimum atomic E-state index is -4.70. The van der Waals surface area contributed by atoms with Gasteiger partial charge in [0.2, 0.25) is 9.84 Å². The molecule has 1 aromatic heterocycles. The van der Waals surface area contributed by atoms with Crippen LogP contribution in [0.25, 0.3) is 5.69 Å². The Hall–Kier alpha value is -2.59. The van der Waals surface area contributed by atoms with Crippen LogP contribution in [0.1, 0.15) is 10.4 Å². The molecule has 1 amide bonds. The number of amides is 1. The molecular formula is C17H12BrF2N3O3S. The first-order chi connectivity index (χ1) is 12.8. The number of carbonyl (C=O) groups excluding carboxylic acids is 1. The van der Waals surface area contributed by atoms with Crippen LogP contribution in [0.15, 0.2) is 70.3 Å². The number of halogens is 3. The van der Waals surface area contributed by atoms with Crippen LogP contribution in [0, 0.1) is 0 Å². The second kappa shape index (κ2) is 7.57. The molecule has 0 spiro atoms. The Bertz CT molecular complexity index is 1080. The van der Waals surface area contributed by atoms with Crippen molar-refractivity contribution in [3.05, 3.63) is 71.0 Å². The minimum absolute atomic E-state index is 0.125. The molecule has 0 saturated heterocycles. The fourth-order valence-electron chi connectivity index (χ4n) is 2.31. The third kappa shape index (κ3) is 4.06. The molecule has 140 valence electrons. The molecule has 6 nitrogen and oxygen atoms in total. The number of benzene rings is 2.